The third kappa shape index (κ3) is 11.2. The van der Waals surface area contributed by atoms with Crippen LogP contribution in [0.3, 0.4) is 0 Å². The Bertz CT molecular complexity index is 1880. The van der Waals surface area contributed by atoms with Gasteiger partial charge >= 0.3 is 41.5 Å². The van der Waals surface area contributed by atoms with Crippen molar-refractivity contribution in [2.24, 2.45) is 17.4 Å². The molecule has 2 aromatic carbocycles. The third-order valence-corrected chi connectivity index (χ3v) is 10.0. The van der Waals surface area contributed by atoms with Crippen molar-refractivity contribution in [3.05, 3.63) is 64.0 Å². The molecule has 0 spiro atoms. The van der Waals surface area contributed by atoms with Crippen molar-refractivity contribution in [1.29, 1.82) is 0 Å². The predicted octanol–water partition coefficient (Wildman–Crippen LogP) is 10.6. The summed E-state index contributed by atoms with van der Waals surface area (Å²) in [7, 11) is 0. The van der Waals surface area contributed by atoms with Gasteiger partial charge in [0.1, 0.15) is 5.58 Å². The molecule has 0 amide bonds. The van der Waals surface area contributed by atoms with E-state index in [2.05, 4.69) is 4.74 Å². The van der Waals surface area contributed by atoms with Gasteiger partial charge in [0.2, 0.25) is 0 Å². The molecule has 18 heteroatoms. The van der Waals surface area contributed by atoms with Crippen LogP contribution in [-0.2, 0) is 22.1 Å². The molecule has 314 valence electrons. The highest BCUT2D eigenvalue weighted by Gasteiger charge is 2.79. The standard InChI is InChI=1S/C38H45F11N2O4S/c1-6-7-8-9-22-10-13-25(27(18-22)36(43,44)45)26-19-23-11-12-24(20-29(23)55-30(26)52)56-17-15-35(41,42)38(48,49)37(46,47)34(39,40)14-16-54-31(53)28(33(4,5)51)21-32(2,3)50/h10-13,18-20,28H,6-9,14-17,21,50-51H2,1-5H3. The van der Waals surface area contributed by atoms with E-state index >= 15 is 0 Å². The Balaban J connectivity index is 1.73. The highest BCUT2D eigenvalue weighted by atomic mass is 32.2. The van der Waals surface area contributed by atoms with Gasteiger partial charge in [0.05, 0.1) is 30.1 Å². The van der Waals surface area contributed by atoms with Crippen molar-refractivity contribution in [1.82, 2.24) is 0 Å². The Kier molecular flexibility index (Phi) is 14.5. The van der Waals surface area contributed by atoms with E-state index in [4.69, 9.17) is 15.9 Å². The Morgan fingerprint density at radius 3 is 1.96 bits per heavy atom. The zero-order valence-electron chi connectivity index (χ0n) is 31.3. The number of thioether (sulfide) groups is 1. The number of aryl methyl sites for hydroxylation is 1. The lowest BCUT2D eigenvalue weighted by molar-refractivity contribution is -0.367. The van der Waals surface area contributed by atoms with Crippen molar-refractivity contribution in [2.75, 3.05) is 12.4 Å². The molecule has 0 saturated heterocycles. The molecule has 0 aliphatic carbocycles. The van der Waals surface area contributed by atoms with Gasteiger partial charge in [0.15, 0.2) is 0 Å². The number of rotatable bonds is 19. The first-order valence-corrected chi connectivity index (χ1v) is 18.6. The Morgan fingerprint density at radius 2 is 1.41 bits per heavy atom. The molecule has 3 rings (SSSR count). The lowest BCUT2D eigenvalue weighted by Gasteiger charge is -2.37. The summed E-state index contributed by atoms with van der Waals surface area (Å²) in [6.45, 7) is 6.22. The van der Waals surface area contributed by atoms with Gasteiger partial charge in [-0.15, -0.1) is 11.8 Å². The summed E-state index contributed by atoms with van der Waals surface area (Å²) < 4.78 is 169. The quantitative estimate of drug-likeness (QED) is 0.0407. The number of hydrogen-bond acceptors (Lipinski definition) is 7. The molecule has 4 N–H and O–H groups in total. The summed E-state index contributed by atoms with van der Waals surface area (Å²) in [4.78, 5) is 25.4. The zero-order valence-corrected chi connectivity index (χ0v) is 32.2. The zero-order chi connectivity index (χ0) is 42.7. The minimum absolute atomic E-state index is 0.00387. The normalized spacial score (nSPS) is 14.3. The van der Waals surface area contributed by atoms with E-state index in [0.29, 0.717) is 30.2 Å². The maximum Gasteiger partial charge on any atom is 0.417 e. The molecule has 0 fully saturated rings. The number of unbranched alkanes of at least 4 members (excludes halogenated alkanes) is 2. The number of hydrogen-bond donors (Lipinski definition) is 2. The topological polar surface area (TPSA) is 109 Å². The van der Waals surface area contributed by atoms with Crippen LogP contribution in [0, 0.1) is 5.92 Å². The molecule has 0 aliphatic rings. The summed E-state index contributed by atoms with van der Waals surface area (Å²) in [5, 5.41) is 0.110. The molecule has 0 bridgehead atoms. The molecular formula is C38H45F11N2O4S. The number of esters is 1. The maximum absolute atomic E-state index is 14.7. The number of benzene rings is 2. The van der Waals surface area contributed by atoms with Gasteiger partial charge in [-0.1, -0.05) is 38.0 Å². The summed E-state index contributed by atoms with van der Waals surface area (Å²) >= 11 is 0.410. The molecule has 1 unspecified atom stereocenters. The molecule has 1 heterocycles. The lowest BCUT2D eigenvalue weighted by Crippen LogP contribution is -2.62. The maximum atomic E-state index is 14.7. The van der Waals surface area contributed by atoms with Crippen LogP contribution < -0.4 is 17.1 Å². The van der Waals surface area contributed by atoms with Gasteiger partial charge in [0, 0.05) is 39.1 Å². The number of ether oxygens (including phenoxy) is 1. The van der Waals surface area contributed by atoms with Crippen molar-refractivity contribution >= 4 is 28.7 Å². The summed E-state index contributed by atoms with van der Waals surface area (Å²) in [6.07, 6.45) is -6.44. The van der Waals surface area contributed by atoms with Crippen LogP contribution >= 0.6 is 11.8 Å². The van der Waals surface area contributed by atoms with Crippen LogP contribution in [0.25, 0.3) is 22.1 Å². The molecule has 0 aliphatic heterocycles. The van der Waals surface area contributed by atoms with Gasteiger partial charge in [-0.2, -0.15) is 48.3 Å². The summed E-state index contributed by atoms with van der Waals surface area (Å²) in [5.41, 5.74) is 6.62. The fraction of sp³-hybridized carbons (Fsp3) is 0.579. The highest BCUT2D eigenvalue weighted by molar-refractivity contribution is 7.99. The number of halogens is 11. The van der Waals surface area contributed by atoms with Crippen molar-refractivity contribution < 1.29 is 62.2 Å². The fourth-order valence-electron chi connectivity index (χ4n) is 5.79. The molecule has 6 nitrogen and oxygen atoms in total. The van der Waals surface area contributed by atoms with Crippen molar-refractivity contribution in [2.45, 2.75) is 125 Å². The average molecular weight is 835 g/mol. The summed E-state index contributed by atoms with van der Waals surface area (Å²) in [5.74, 6) is -28.1. The molecule has 0 radical (unpaired) electrons. The van der Waals surface area contributed by atoms with Gasteiger partial charge in [0.25, 0.3) is 0 Å². The van der Waals surface area contributed by atoms with Crippen LogP contribution in [0.15, 0.2) is 56.6 Å². The average Bonchev–Trinajstić information content (AvgIpc) is 3.05. The van der Waals surface area contributed by atoms with E-state index in [-0.39, 0.29) is 22.3 Å². The number of nitrogens with two attached hydrogens (primary N) is 2. The smallest absolute Gasteiger partial charge is 0.417 e. The minimum Gasteiger partial charge on any atom is -0.465 e. The van der Waals surface area contributed by atoms with Crippen LogP contribution in [0.4, 0.5) is 48.3 Å². The van der Waals surface area contributed by atoms with E-state index in [1.54, 1.807) is 0 Å². The summed E-state index contributed by atoms with van der Waals surface area (Å²) in [6, 6.07) is 8.31. The molecule has 1 aromatic heterocycles. The van der Waals surface area contributed by atoms with E-state index in [9.17, 15) is 57.9 Å². The van der Waals surface area contributed by atoms with Crippen molar-refractivity contribution in [3.8, 4) is 11.1 Å². The first-order valence-electron chi connectivity index (χ1n) is 17.6. The highest BCUT2D eigenvalue weighted by Crippen LogP contribution is 2.55. The SMILES string of the molecule is CCCCCc1ccc(-c2cc3ccc(SCCC(F)(F)C(F)(F)C(F)(F)C(F)(F)CCOC(=O)C(CC(C)(C)N)C(C)(C)N)cc3oc2=O)c(C(F)(F)F)c1. The van der Waals surface area contributed by atoms with E-state index in [1.807, 2.05) is 6.92 Å². The largest absolute Gasteiger partial charge is 0.465 e. The monoisotopic (exact) mass is 834 g/mol. The molecule has 56 heavy (non-hydrogen) atoms. The Hall–Kier alpha value is -3.38. The van der Waals surface area contributed by atoms with E-state index in [1.165, 1.54) is 52.0 Å². The second-order valence-electron chi connectivity index (χ2n) is 15.1. The first kappa shape index (κ1) is 47.0. The van der Waals surface area contributed by atoms with Crippen LogP contribution in [-0.4, -0.2) is 53.1 Å². The molecule has 1 atom stereocenters. The van der Waals surface area contributed by atoms with E-state index in [0.717, 1.165) is 31.0 Å². The van der Waals surface area contributed by atoms with Gasteiger partial charge in [-0.05, 0) is 76.8 Å². The van der Waals surface area contributed by atoms with E-state index < -0.39 is 100 Å². The van der Waals surface area contributed by atoms with Gasteiger partial charge in [-0.25, -0.2) is 4.79 Å². The van der Waals surface area contributed by atoms with Crippen LogP contribution in [0.1, 0.15) is 84.3 Å². The van der Waals surface area contributed by atoms with Crippen LogP contribution in [0.5, 0.6) is 0 Å². The number of alkyl halides is 11. The lowest BCUT2D eigenvalue weighted by atomic mass is 9.80. The predicted molar refractivity (Wildman–Crippen MR) is 191 cm³/mol. The van der Waals surface area contributed by atoms with Crippen molar-refractivity contribution in [3.63, 3.8) is 0 Å². The second kappa shape index (κ2) is 17.2. The minimum atomic E-state index is -6.60. The first-order chi connectivity index (χ1) is 25.4. The number of carbonyl (C=O) groups is 1. The number of fused-ring (bicyclic) bond motifs is 1. The fourth-order valence-corrected chi connectivity index (χ4v) is 6.74. The Morgan fingerprint density at radius 1 is 0.804 bits per heavy atom. The third-order valence-electron chi connectivity index (χ3n) is 9.03. The molecule has 3 aromatic rings. The second-order valence-corrected chi connectivity index (χ2v) is 16.3. The Labute approximate surface area is 320 Å². The molecule has 0 saturated carbocycles. The van der Waals surface area contributed by atoms with Gasteiger partial charge in [-0.3, -0.25) is 4.79 Å². The molecular weight excluding hydrogens is 789 g/mol. The number of carbonyl (C=O) groups excluding carboxylic acids is 1. The van der Waals surface area contributed by atoms with Crippen LogP contribution in [0.2, 0.25) is 0 Å². The van der Waals surface area contributed by atoms with Gasteiger partial charge < -0.3 is 20.6 Å².